The van der Waals surface area contributed by atoms with Gasteiger partial charge in [-0.3, -0.25) is 0 Å². The fourth-order valence-corrected chi connectivity index (χ4v) is 2.48. The van der Waals surface area contributed by atoms with Crippen LogP contribution in [-0.4, -0.2) is 23.8 Å². The molecule has 0 heterocycles. The third-order valence-corrected chi connectivity index (χ3v) is 3.55. The summed E-state index contributed by atoms with van der Waals surface area (Å²) in [5.74, 6) is 0.501. The Labute approximate surface area is 111 Å². The molecule has 18 heavy (non-hydrogen) atoms. The molecule has 1 rings (SSSR count). The van der Waals surface area contributed by atoms with Crippen molar-refractivity contribution in [2.75, 3.05) is 6.54 Å². The number of carbonyl (C=O) groups excluding carboxylic acids is 1. The van der Waals surface area contributed by atoms with Crippen molar-refractivity contribution in [1.29, 1.82) is 0 Å². The van der Waals surface area contributed by atoms with Crippen molar-refractivity contribution < 1.29 is 9.53 Å². The minimum Gasteiger partial charge on any atom is -0.444 e. The summed E-state index contributed by atoms with van der Waals surface area (Å²) in [6, 6.07) is 0. The largest absolute Gasteiger partial charge is 0.444 e. The summed E-state index contributed by atoms with van der Waals surface area (Å²) in [5, 5.41) is 2.79. The summed E-state index contributed by atoms with van der Waals surface area (Å²) in [7, 11) is 0. The molecule has 1 aliphatic carbocycles. The Morgan fingerprint density at radius 3 is 2.28 bits per heavy atom. The Kier molecular flexibility index (Phi) is 5.02. The van der Waals surface area contributed by atoms with Gasteiger partial charge in [-0.1, -0.05) is 19.3 Å². The minimum absolute atomic E-state index is 0.336. The van der Waals surface area contributed by atoms with Crippen LogP contribution in [0, 0.1) is 5.92 Å². The lowest BCUT2D eigenvalue weighted by Crippen LogP contribution is -2.54. The SMILES string of the molecule is CC(C)(C)OC(=O)NCC(C)(N)C1CCCCC1. The Bertz CT molecular complexity index is 276. The second kappa shape index (κ2) is 5.91. The van der Waals surface area contributed by atoms with E-state index in [-0.39, 0.29) is 11.6 Å². The lowest BCUT2D eigenvalue weighted by atomic mass is 9.76. The lowest BCUT2D eigenvalue weighted by molar-refractivity contribution is 0.0504. The maximum Gasteiger partial charge on any atom is 0.407 e. The highest BCUT2D eigenvalue weighted by Gasteiger charge is 2.31. The Balaban J connectivity index is 2.38. The number of alkyl carbamates (subject to hydrolysis) is 1. The number of nitrogens with one attached hydrogen (secondary N) is 1. The van der Waals surface area contributed by atoms with Crippen LogP contribution in [0.15, 0.2) is 0 Å². The summed E-state index contributed by atoms with van der Waals surface area (Å²) in [6.45, 7) is 8.08. The second-order valence-corrected chi connectivity index (χ2v) is 6.70. The van der Waals surface area contributed by atoms with E-state index in [2.05, 4.69) is 5.32 Å². The van der Waals surface area contributed by atoms with Crippen molar-refractivity contribution in [2.24, 2.45) is 11.7 Å². The number of hydrogen-bond acceptors (Lipinski definition) is 3. The Morgan fingerprint density at radius 1 is 1.22 bits per heavy atom. The first-order chi connectivity index (χ1) is 8.21. The van der Waals surface area contributed by atoms with Gasteiger partial charge in [0, 0.05) is 12.1 Å². The van der Waals surface area contributed by atoms with Gasteiger partial charge in [-0.2, -0.15) is 0 Å². The zero-order valence-electron chi connectivity index (χ0n) is 12.2. The zero-order chi connectivity index (χ0) is 13.8. The van der Waals surface area contributed by atoms with Gasteiger partial charge < -0.3 is 15.8 Å². The van der Waals surface area contributed by atoms with Crippen LogP contribution in [0.2, 0.25) is 0 Å². The predicted octanol–water partition coefficient (Wildman–Crippen LogP) is 2.81. The van der Waals surface area contributed by atoms with E-state index in [0.717, 1.165) is 0 Å². The quantitative estimate of drug-likeness (QED) is 0.816. The van der Waals surface area contributed by atoms with Crippen LogP contribution in [-0.2, 0) is 4.74 Å². The third kappa shape index (κ3) is 5.25. The number of carbonyl (C=O) groups is 1. The molecule has 0 aromatic rings. The van der Waals surface area contributed by atoms with Crippen LogP contribution >= 0.6 is 0 Å². The van der Waals surface area contributed by atoms with Crippen molar-refractivity contribution in [3.05, 3.63) is 0 Å². The molecule has 0 spiro atoms. The molecule has 0 aromatic carbocycles. The van der Waals surface area contributed by atoms with E-state index in [9.17, 15) is 4.79 Å². The molecule has 106 valence electrons. The first-order valence-corrected chi connectivity index (χ1v) is 6.96. The number of amides is 1. The van der Waals surface area contributed by atoms with E-state index in [4.69, 9.17) is 10.5 Å². The first-order valence-electron chi connectivity index (χ1n) is 6.96. The lowest BCUT2D eigenvalue weighted by Gasteiger charge is -2.37. The minimum atomic E-state index is -0.458. The van der Waals surface area contributed by atoms with Crippen LogP contribution in [0.3, 0.4) is 0 Å². The van der Waals surface area contributed by atoms with Crippen molar-refractivity contribution in [3.63, 3.8) is 0 Å². The van der Waals surface area contributed by atoms with Crippen LogP contribution in [0.4, 0.5) is 4.79 Å². The van der Waals surface area contributed by atoms with Crippen LogP contribution in [0.1, 0.15) is 59.8 Å². The fraction of sp³-hybridized carbons (Fsp3) is 0.929. The molecule has 0 saturated heterocycles. The fourth-order valence-electron chi connectivity index (χ4n) is 2.48. The van der Waals surface area contributed by atoms with Gasteiger partial charge in [0.05, 0.1) is 0 Å². The molecule has 0 aliphatic heterocycles. The number of ether oxygens (including phenoxy) is 1. The summed E-state index contributed by atoms with van der Waals surface area (Å²) >= 11 is 0. The highest BCUT2D eigenvalue weighted by atomic mass is 16.6. The third-order valence-electron chi connectivity index (χ3n) is 3.55. The molecule has 1 amide bonds. The van der Waals surface area contributed by atoms with Gasteiger partial charge in [-0.15, -0.1) is 0 Å². The van der Waals surface area contributed by atoms with Crippen LogP contribution < -0.4 is 11.1 Å². The predicted molar refractivity (Wildman–Crippen MR) is 73.4 cm³/mol. The molecule has 4 nitrogen and oxygen atoms in total. The topological polar surface area (TPSA) is 64.3 Å². The number of rotatable bonds is 3. The zero-order valence-corrected chi connectivity index (χ0v) is 12.2. The summed E-state index contributed by atoms with van der Waals surface area (Å²) < 4.78 is 5.21. The summed E-state index contributed by atoms with van der Waals surface area (Å²) in [4.78, 5) is 11.6. The van der Waals surface area contributed by atoms with Gasteiger partial charge in [0.2, 0.25) is 0 Å². The molecule has 0 radical (unpaired) electrons. The van der Waals surface area contributed by atoms with Gasteiger partial charge in [0.15, 0.2) is 0 Å². The molecule has 0 bridgehead atoms. The molecule has 1 fully saturated rings. The maximum atomic E-state index is 11.6. The van der Waals surface area contributed by atoms with Crippen molar-refractivity contribution in [2.45, 2.75) is 70.9 Å². The normalized spacial score (nSPS) is 21.2. The summed E-state index contributed by atoms with van der Waals surface area (Å²) in [6.07, 6.45) is 5.78. The molecule has 4 heteroatoms. The van der Waals surface area contributed by atoms with Crippen molar-refractivity contribution in [3.8, 4) is 0 Å². The molecular weight excluding hydrogens is 228 g/mol. The second-order valence-electron chi connectivity index (χ2n) is 6.70. The van der Waals surface area contributed by atoms with E-state index in [1.807, 2.05) is 27.7 Å². The van der Waals surface area contributed by atoms with E-state index in [1.165, 1.54) is 32.1 Å². The van der Waals surface area contributed by atoms with E-state index in [0.29, 0.717) is 12.5 Å². The average Bonchev–Trinajstić information content (AvgIpc) is 2.26. The number of hydrogen-bond donors (Lipinski definition) is 2. The molecule has 1 saturated carbocycles. The highest BCUT2D eigenvalue weighted by Crippen LogP contribution is 2.30. The van der Waals surface area contributed by atoms with Gasteiger partial charge >= 0.3 is 6.09 Å². The maximum absolute atomic E-state index is 11.6. The average molecular weight is 256 g/mol. The van der Waals surface area contributed by atoms with Crippen molar-refractivity contribution >= 4 is 6.09 Å². The van der Waals surface area contributed by atoms with Crippen LogP contribution in [0.25, 0.3) is 0 Å². The van der Waals surface area contributed by atoms with Crippen molar-refractivity contribution in [1.82, 2.24) is 5.32 Å². The van der Waals surface area contributed by atoms with Gasteiger partial charge in [-0.25, -0.2) is 4.79 Å². The highest BCUT2D eigenvalue weighted by molar-refractivity contribution is 5.67. The van der Waals surface area contributed by atoms with E-state index >= 15 is 0 Å². The number of nitrogens with two attached hydrogens (primary N) is 1. The molecule has 0 aromatic heterocycles. The molecule has 1 unspecified atom stereocenters. The Hall–Kier alpha value is -0.770. The van der Waals surface area contributed by atoms with Gasteiger partial charge in [-0.05, 0) is 46.5 Å². The standard InChI is InChI=1S/C14H28N2O2/c1-13(2,3)18-12(17)16-10-14(4,15)11-8-6-5-7-9-11/h11H,5-10,15H2,1-4H3,(H,16,17). The van der Waals surface area contributed by atoms with Gasteiger partial charge in [0.25, 0.3) is 0 Å². The Morgan fingerprint density at radius 2 is 1.78 bits per heavy atom. The monoisotopic (exact) mass is 256 g/mol. The molecule has 3 N–H and O–H groups in total. The van der Waals surface area contributed by atoms with Gasteiger partial charge in [0.1, 0.15) is 5.60 Å². The molecule has 1 atom stereocenters. The smallest absolute Gasteiger partial charge is 0.407 e. The van der Waals surface area contributed by atoms with Crippen LogP contribution in [0.5, 0.6) is 0 Å². The summed E-state index contributed by atoms with van der Waals surface area (Å²) in [5.41, 5.74) is 5.54. The molecule has 1 aliphatic rings. The van der Waals surface area contributed by atoms with E-state index < -0.39 is 5.60 Å². The first kappa shape index (κ1) is 15.3. The van der Waals surface area contributed by atoms with E-state index in [1.54, 1.807) is 0 Å². The molecular formula is C14H28N2O2.